The van der Waals surface area contributed by atoms with E-state index < -0.39 is 0 Å². The number of carbonyl (C=O) groups excluding carboxylic acids is 1. The molecule has 0 radical (unpaired) electrons. The van der Waals surface area contributed by atoms with Crippen molar-refractivity contribution in [1.29, 1.82) is 0 Å². The zero-order chi connectivity index (χ0) is 10.8. The van der Waals surface area contributed by atoms with Crippen molar-refractivity contribution in [3.8, 4) is 5.75 Å². The van der Waals surface area contributed by atoms with Crippen molar-refractivity contribution < 1.29 is 9.53 Å². The Morgan fingerprint density at radius 1 is 1.53 bits per heavy atom. The van der Waals surface area contributed by atoms with E-state index in [2.05, 4.69) is 10.3 Å². The van der Waals surface area contributed by atoms with Crippen molar-refractivity contribution in [1.82, 2.24) is 4.98 Å². The maximum atomic E-state index is 10.9. The van der Waals surface area contributed by atoms with E-state index in [4.69, 9.17) is 4.74 Å². The number of methoxy groups -OCH3 is 1. The molecule has 2 aromatic rings. The molecule has 0 atom stereocenters. The van der Waals surface area contributed by atoms with Crippen LogP contribution in [0.15, 0.2) is 18.2 Å². The van der Waals surface area contributed by atoms with Crippen LogP contribution in [0.25, 0.3) is 9.78 Å². The fourth-order valence-electron chi connectivity index (χ4n) is 1.24. The molecular weight excluding hydrogens is 259 g/mol. The molecule has 1 amide bonds. The zero-order valence-electron chi connectivity index (χ0n) is 8.40. The first-order valence-electron chi connectivity index (χ1n) is 4.41. The molecule has 0 aliphatic heterocycles. The summed E-state index contributed by atoms with van der Waals surface area (Å²) in [7, 11) is 1.63. The van der Waals surface area contributed by atoms with Crippen molar-refractivity contribution in [2.24, 2.45) is 0 Å². The Morgan fingerprint density at radius 2 is 2.33 bits per heavy atom. The normalized spacial score (nSPS) is 10.3. The van der Waals surface area contributed by atoms with Gasteiger partial charge in [-0.3, -0.25) is 0 Å². The van der Waals surface area contributed by atoms with E-state index in [0.717, 1.165) is 16.0 Å². The van der Waals surface area contributed by atoms with Gasteiger partial charge in [0.1, 0.15) is 0 Å². The number of ether oxygens (including phenoxy) is 1. The van der Waals surface area contributed by atoms with Crippen molar-refractivity contribution in [3.05, 3.63) is 18.2 Å². The molecule has 0 aliphatic carbocycles. The van der Waals surface area contributed by atoms with E-state index in [1.54, 1.807) is 7.11 Å². The second-order valence-electron chi connectivity index (χ2n) is 3.03. The van der Waals surface area contributed by atoms with Gasteiger partial charge in [-0.05, 0) is 0 Å². The zero-order valence-corrected chi connectivity index (χ0v) is 10.1. The van der Waals surface area contributed by atoms with Gasteiger partial charge in [-0.25, -0.2) is 0 Å². The quantitative estimate of drug-likeness (QED) is 0.835. The van der Waals surface area contributed by atoms with E-state index in [9.17, 15) is 4.79 Å². The Bertz CT molecular complexity index is 507. The van der Waals surface area contributed by atoms with Crippen molar-refractivity contribution in [2.45, 2.75) is 6.92 Å². The van der Waals surface area contributed by atoms with Gasteiger partial charge in [0.2, 0.25) is 0 Å². The number of anilines is 1. The second kappa shape index (κ2) is 4.04. The van der Waals surface area contributed by atoms with Gasteiger partial charge in [0, 0.05) is 0 Å². The second-order valence-corrected chi connectivity index (χ2v) is 5.20. The Labute approximate surface area is 93.0 Å². The topological polar surface area (TPSA) is 51.2 Å². The van der Waals surface area contributed by atoms with Gasteiger partial charge in [0.05, 0.1) is 0 Å². The van der Waals surface area contributed by atoms with Crippen molar-refractivity contribution in [2.75, 3.05) is 12.4 Å². The molecule has 15 heavy (non-hydrogen) atoms. The molecule has 0 fully saturated rings. The Hall–Kier alpha value is -1.32. The first-order valence-corrected chi connectivity index (χ1v) is 6.12. The summed E-state index contributed by atoms with van der Waals surface area (Å²) in [4.78, 5) is 15.2. The third-order valence-electron chi connectivity index (χ3n) is 1.88. The summed E-state index contributed by atoms with van der Waals surface area (Å²) < 4.78 is 7.04. The fourth-order valence-corrected chi connectivity index (χ4v) is 3.11. The number of fused-ring (bicyclic) bond motifs is 1. The monoisotopic (exact) mass is 270 g/mol. The molecule has 78 valence electrons. The van der Waals surface area contributed by atoms with Crippen LogP contribution >= 0.6 is 0 Å². The van der Waals surface area contributed by atoms with Gasteiger partial charge < -0.3 is 0 Å². The molecule has 1 aromatic carbocycles. The number of nitrogens with one attached hydrogen (secondary N) is 1. The van der Waals surface area contributed by atoms with Crippen LogP contribution in [0.3, 0.4) is 0 Å². The average Bonchev–Trinajstić information content (AvgIpc) is 2.57. The summed E-state index contributed by atoms with van der Waals surface area (Å²) >= 11 is 0.104. The summed E-state index contributed by atoms with van der Waals surface area (Å²) in [5.74, 6) is 0.716. The summed E-state index contributed by atoms with van der Waals surface area (Å²) in [6.45, 7) is 1.49. The van der Waals surface area contributed by atoms with Crippen LogP contribution in [-0.2, 0) is 4.79 Å². The molecule has 0 bridgehead atoms. The Morgan fingerprint density at radius 3 is 3.00 bits per heavy atom. The molecular formula is C10H10N2O2Se. The first-order chi connectivity index (χ1) is 7.19. The van der Waals surface area contributed by atoms with Gasteiger partial charge in [-0.15, -0.1) is 0 Å². The number of rotatable bonds is 2. The molecule has 0 saturated carbocycles. The Kier molecular flexibility index (Phi) is 2.75. The summed E-state index contributed by atoms with van der Waals surface area (Å²) in [5, 5.41) is 2.72. The maximum absolute atomic E-state index is 10.9. The van der Waals surface area contributed by atoms with Crippen LogP contribution < -0.4 is 10.1 Å². The summed E-state index contributed by atoms with van der Waals surface area (Å²) in [6, 6.07) is 5.78. The molecule has 1 aromatic heterocycles. The van der Waals surface area contributed by atoms with Gasteiger partial charge in [-0.1, -0.05) is 0 Å². The van der Waals surface area contributed by atoms with E-state index in [0.29, 0.717) is 0 Å². The van der Waals surface area contributed by atoms with Crippen molar-refractivity contribution in [3.63, 3.8) is 0 Å². The third kappa shape index (κ3) is 2.19. The van der Waals surface area contributed by atoms with Gasteiger partial charge >= 0.3 is 92.7 Å². The molecule has 1 N–H and O–H groups in total. The fraction of sp³-hybridized carbons (Fsp3) is 0.200. The van der Waals surface area contributed by atoms with Gasteiger partial charge in [-0.2, -0.15) is 0 Å². The van der Waals surface area contributed by atoms with Gasteiger partial charge in [0.25, 0.3) is 0 Å². The number of aromatic nitrogens is 1. The molecule has 2 rings (SSSR count). The molecule has 0 unspecified atom stereocenters. The number of carbonyl (C=O) groups is 1. The first kappa shape index (κ1) is 10.2. The number of nitrogens with zero attached hydrogens (tertiary/aromatic N) is 1. The standard InChI is InChI=1S/C10H10N2O2Se/c1-6(13)11-10-12-8-5-7(14-2)3-4-9(8)15-10/h3-5H,1-2H3,(H,11,12,13). The predicted octanol–water partition coefficient (Wildman–Crippen LogP) is 1.26. The third-order valence-corrected chi connectivity index (χ3v) is 3.87. The van der Waals surface area contributed by atoms with E-state index >= 15 is 0 Å². The number of hydrogen-bond acceptors (Lipinski definition) is 3. The minimum absolute atomic E-state index is 0.0737. The molecule has 0 spiro atoms. The SMILES string of the molecule is COc1ccc2[se]c(NC(C)=O)nc2c1. The molecule has 0 saturated heterocycles. The molecule has 1 heterocycles. The van der Waals surface area contributed by atoms with Crippen LogP contribution in [0.1, 0.15) is 6.92 Å². The van der Waals surface area contributed by atoms with E-state index in [1.165, 1.54) is 11.2 Å². The molecule has 4 nitrogen and oxygen atoms in total. The predicted molar refractivity (Wildman–Crippen MR) is 59.5 cm³/mol. The van der Waals surface area contributed by atoms with Crippen LogP contribution in [0.5, 0.6) is 5.75 Å². The number of benzene rings is 1. The molecule has 0 aliphatic rings. The van der Waals surface area contributed by atoms with Gasteiger partial charge in [0.15, 0.2) is 0 Å². The van der Waals surface area contributed by atoms with Crippen LogP contribution in [-0.4, -0.2) is 32.5 Å². The summed E-state index contributed by atoms with van der Waals surface area (Å²) in [5.41, 5.74) is 0.901. The number of hydrogen-bond donors (Lipinski definition) is 1. The molecule has 5 heteroatoms. The summed E-state index contributed by atoms with van der Waals surface area (Å²) in [6.07, 6.45) is 0. The van der Waals surface area contributed by atoms with Crippen LogP contribution in [0, 0.1) is 0 Å². The minimum atomic E-state index is -0.0737. The van der Waals surface area contributed by atoms with Crippen LogP contribution in [0.2, 0.25) is 0 Å². The van der Waals surface area contributed by atoms with Crippen molar-refractivity contribution >= 4 is 34.9 Å². The van der Waals surface area contributed by atoms with E-state index in [-0.39, 0.29) is 20.4 Å². The number of amides is 1. The van der Waals surface area contributed by atoms with Crippen LogP contribution in [0.4, 0.5) is 4.69 Å². The average molecular weight is 269 g/mol. The Balaban J connectivity index is 2.42. The van der Waals surface area contributed by atoms with E-state index in [1.807, 2.05) is 18.2 Å².